The third-order valence-electron chi connectivity index (χ3n) is 5.50. The molecule has 1 aliphatic heterocycles. The highest BCUT2D eigenvalue weighted by Gasteiger charge is 2.34. The standard InChI is InChI=1S/C22H23FN2O/c1-15-2-10-20(11-5-16-3-8-19(23)9-4-16)25(15)22(26)18-7-6-17-12-13-24-21(17)14-18/h3-4,6-9,12-15,20,24H,2,5,10-11H2,1H3/t15-,20-/m1/s1. The lowest BCUT2D eigenvalue weighted by molar-refractivity contribution is 0.0673. The quantitative estimate of drug-likeness (QED) is 0.711. The first-order chi connectivity index (χ1) is 12.6. The zero-order valence-electron chi connectivity index (χ0n) is 14.9. The molecular weight excluding hydrogens is 327 g/mol. The van der Waals surface area contributed by atoms with Crippen LogP contribution in [-0.4, -0.2) is 27.9 Å². The lowest BCUT2D eigenvalue weighted by atomic mass is 10.0. The highest BCUT2D eigenvalue weighted by atomic mass is 19.1. The second kappa shape index (κ2) is 6.94. The van der Waals surface area contributed by atoms with Gasteiger partial charge in [0.2, 0.25) is 0 Å². The number of halogens is 1. The molecule has 3 aromatic rings. The Kier molecular flexibility index (Phi) is 4.49. The van der Waals surface area contributed by atoms with Crippen molar-refractivity contribution in [2.75, 3.05) is 0 Å². The molecule has 0 unspecified atom stereocenters. The highest BCUT2D eigenvalue weighted by molar-refractivity contribution is 5.98. The summed E-state index contributed by atoms with van der Waals surface area (Å²) in [6, 6.07) is 15.0. The van der Waals surface area contributed by atoms with E-state index < -0.39 is 0 Å². The van der Waals surface area contributed by atoms with Crippen LogP contribution in [0.15, 0.2) is 54.7 Å². The van der Waals surface area contributed by atoms with Gasteiger partial charge in [-0.15, -0.1) is 0 Å². The summed E-state index contributed by atoms with van der Waals surface area (Å²) in [5, 5.41) is 1.11. The molecule has 1 saturated heterocycles. The smallest absolute Gasteiger partial charge is 0.254 e. The summed E-state index contributed by atoms with van der Waals surface area (Å²) in [6.45, 7) is 2.13. The summed E-state index contributed by atoms with van der Waals surface area (Å²) in [7, 11) is 0. The number of H-pyrrole nitrogens is 1. The molecule has 2 aromatic carbocycles. The molecule has 2 heterocycles. The molecule has 26 heavy (non-hydrogen) atoms. The number of carbonyl (C=O) groups excluding carboxylic acids is 1. The van der Waals surface area contributed by atoms with Crippen LogP contribution in [0, 0.1) is 5.82 Å². The maximum atomic E-state index is 13.2. The van der Waals surface area contributed by atoms with Crippen molar-refractivity contribution in [3.05, 3.63) is 71.7 Å². The lowest BCUT2D eigenvalue weighted by Gasteiger charge is -2.29. The number of aromatic nitrogens is 1. The Hall–Kier alpha value is -2.62. The molecule has 4 heteroatoms. The summed E-state index contributed by atoms with van der Waals surface area (Å²) in [4.78, 5) is 18.4. The van der Waals surface area contributed by atoms with E-state index in [1.165, 1.54) is 12.1 Å². The minimum Gasteiger partial charge on any atom is -0.361 e. The molecule has 0 bridgehead atoms. The average molecular weight is 350 g/mol. The number of hydrogen-bond donors (Lipinski definition) is 1. The molecule has 1 N–H and O–H groups in total. The van der Waals surface area contributed by atoms with E-state index in [-0.39, 0.29) is 23.8 Å². The van der Waals surface area contributed by atoms with E-state index >= 15 is 0 Å². The summed E-state index contributed by atoms with van der Waals surface area (Å²) in [5.74, 6) is -0.102. The largest absolute Gasteiger partial charge is 0.361 e. The van der Waals surface area contributed by atoms with Gasteiger partial charge in [0.15, 0.2) is 0 Å². The van der Waals surface area contributed by atoms with Crippen LogP contribution in [0.1, 0.15) is 42.1 Å². The fourth-order valence-electron chi connectivity index (χ4n) is 4.04. The maximum Gasteiger partial charge on any atom is 0.254 e. The zero-order chi connectivity index (χ0) is 18.1. The normalized spacial score (nSPS) is 20.0. The van der Waals surface area contributed by atoms with E-state index in [1.54, 1.807) is 0 Å². The second-order valence-corrected chi connectivity index (χ2v) is 7.24. The number of hydrogen-bond acceptors (Lipinski definition) is 1. The van der Waals surface area contributed by atoms with Crippen molar-refractivity contribution in [2.24, 2.45) is 0 Å². The van der Waals surface area contributed by atoms with Crippen LogP contribution in [0.2, 0.25) is 0 Å². The number of nitrogens with zero attached hydrogens (tertiary/aromatic N) is 1. The number of likely N-dealkylation sites (tertiary alicyclic amines) is 1. The Bertz CT molecular complexity index is 915. The third kappa shape index (κ3) is 3.24. The van der Waals surface area contributed by atoms with Crippen molar-refractivity contribution >= 4 is 16.8 Å². The first-order valence-corrected chi connectivity index (χ1v) is 9.26. The molecule has 0 spiro atoms. The Morgan fingerprint density at radius 3 is 2.77 bits per heavy atom. The van der Waals surface area contributed by atoms with Crippen LogP contribution >= 0.6 is 0 Å². The summed E-state index contributed by atoms with van der Waals surface area (Å²) < 4.78 is 13.1. The van der Waals surface area contributed by atoms with Crippen molar-refractivity contribution in [3.63, 3.8) is 0 Å². The van der Waals surface area contributed by atoms with Gasteiger partial charge >= 0.3 is 0 Å². The van der Waals surface area contributed by atoms with Crippen molar-refractivity contribution < 1.29 is 9.18 Å². The van der Waals surface area contributed by atoms with Crippen LogP contribution in [0.5, 0.6) is 0 Å². The van der Waals surface area contributed by atoms with Gasteiger partial charge in [-0.05, 0) is 73.9 Å². The molecule has 1 fully saturated rings. The molecule has 4 rings (SSSR count). The van der Waals surface area contributed by atoms with Gasteiger partial charge in [-0.2, -0.15) is 0 Å². The number of nitrogens with one attached hydrogen (secondary N) is 1. The third-order valence-corrected chi connectivity index (χ3v) is 5.50. The number of aryl methyl sites for hydroxylation is 1. The van der Waals surface area contributed by atoms with Gasteiger partial charge in [0.05, 0.1) is 0 Å². The minimum atomic E-state index is -0.209. The van der Waals surface area contributed by atoms with Gasteiger partial charge in [-0.3, -0.25) is 4.79 Å². The maximum absolute atomic E-state index is 13.2. The highest BCUT2D eigenvalue weighted by Crippen LogP contribution is 2.29. The Morgan fingerprint density at radius 1 is 1.15 bits per heavy atom. The van der Waals surface area contributed by atoms with E-state index in [0.717, 1.165) is 47.7 Å². The second-order valence-electron chi connectivity index (χ2n) is 7.24. The SMILES string of the molecule is C[C@@H]1CC[C@H](CCc2ccc(F)cc2)N1C(=O)c1ccc2cc[nH]c2c1. The van der Waals surface area contributed by atoms with E-state index in [9.17, 15) is 9.18 Å². The predicted octanol–water partition coefficient (Wildman–Crippen LogP) is 4.93. The fraction of sp³-hybridized carbons (Fsp3) is 0.318. The van der Waals surface area contributed by atoms with Gasteiger partial charge in [0, 0.05) is 29.4 Å². The van der Waals surface area contributed by atoms with Gasteiger partial charge < -0.3 is 9.88 Å². The number of carbonyl (C=O) groups is 1. The van der Waals surface area contributed by atoms with Crippen molar-refractivity contribution in [3.8, 4) is 0 Å². The number of rotatable bonds is 4. The Balaban J connectivity index is 1.50. The van der Waals surface area contributed by atoms with Crippen molar-refractivity contribution in [2.45, 2.75) is 44.7 Å². The summed E-state index contributed by atoms with van der Waals surface area (Å²) in [6.07, 6.45) is 5.72. The molecule has 0 radical (unpaired) electrons. The van der Waals surface area contributed by atoms with E-state index in [0.29, 0.717) is 0 Å². The first kappa shape index (κ1) is 16.8. The minimum absolute atomic E-state index is 0.107. The number of fused-ring (bicyclic) bond motifs is 1. The monoisotopic (exact) mass is 350 g/mol. The van der Waals surface area contributed by atoms with Crippen LogP contribution in [0.3, 0.4) is 0 Å². The van der Waals surface area contributed by atoms with Crippen molar-refractivity contribution in [1.82, 2.24) is 9.88 Å². The lowest BCUT2D eigenvalue weighted by Crippen LogP contribution is -2.40. The van der Waals surface area contributed by atoms with Crippen LogP contribution < -0.4 is 0 Å². The number of aromatic amines is 1. The summed E-state index contributed by atoms with van der Waals surface area (Å²) in [5.41, 5.74) is 2.84. The topological polar surface area (TPSA) is 36.1 Å². The average Bonchev–Trinajstić information content (AvgIpc) is 3.26. The predicted molar refractivity (Wildman–Crippen MR) is 102 cm³/mol. The van der Waals surface area contributed by atoms with Gasteiger partial charge in [0.1, 0.15) is 5.82 Å². The zero-order valence-corrected chi connectivity index (χ0v) is 14.9. The molecule has 1 aromatic heterocycles. The Labute approximate surface area is 152 Å². The molecule has 1 aliphatic rings. The van der Waals surface area contributed by atoms with Gasteiger partial charge in [-0.25, -0.2) is 4.39 Å². The van der Waals surface area contributed by atoms with Crippen LogP contribution in [0.4, 0.5) is 4.39 Å². The fourth-order valence-corrected chi connectivity index (χ4v) is 4.04. The molecular formula is C22H23FN2O. The van der Waals surface area contributed by atoms with Crippen LogP contribution in [-0.2, 0) is 6.42 Å². The van der Waals surface area contributed by atoms with Gasteiger partial charge in [-0.1, -0.05) is 18.2 Å². The first-order valence-electron chi connectivity index (χ1n) is 9.26. The molecule has 0 saturated carbocycles. The molecule has 0 aliphatic carbocycles. The molecule has 2 atom stereocenters. The van der Waals surface area contributed by atoms with Crippen LogP contribution in [0.25, 0.3) is 10.9 Å². The van der Waals surface area contributed by atoms with E-state index in [1.807, 2.05) is 47.5 Å². The van der Waals surface area contributed by atoms with Crippen molar-refractivity contribution in [1.29, 1.82) is 0 Å². The van der Waals surface area contributed by atoms with Gasteiger partial charge in [0.25, 0.3) is 5.91 Å². The summed E-state index contributed by atoms with van der Waals surface area (Å²) >= 11 is 0. The molecule has 3 nitrogen and oxygen atoms in total. The van der Waals surface area contributed by atoms with E-state index in [4.69, 9.17) is 0 Å². The number of amides is 1. The van der Waals surface area contributed by atoms with E-state index in [2.05, 4.69) is 11.9 Å². The molecule has 1 amide bonds. The molecule has 134 valence electrons. The number of benzene rings is 2. The Morgan fingerprint density at radius 2 is 1.96 bits per heavy atom.